The number of ether oxygens (including phenoxy) is 2. The van der Waals surface area contributed by atoms with Crippen LogP contribution in [0.5, 0.6) is 0 Å². The molecule has 0 aromatic rings. The molecule has 0 atom stereocenters. The van der Waals surface area contributed by atoms with Crippen molar-refractivity contribution in [1.29, 1.82) is 0 Å². The molecule has 0 spiro atoms. The number of carbonyl (C=O) groups excluding carboxylic acids is 2. The predicted molar refractivity (Wildman–Crippen MR) is 51.6 cm³/mol. The van der Waals surface area contributed by atoms with Gasteiger partial charge in [0.05, 0.1) is 6.61 Å². The van der Waals surface area contributed by atoms with Crippen LogP contribution in [0, 0.1) is 5.92 Å². The van der Waals surface area contributed by atoms with Crippen molar-refractivity contribution in [2.45, 2.75) is 20.3 Å². The monoisotopic (exact) mass is 200 g/mol. The first kappa shape index (κ1) is 12.7. The number of esters is 2. The Kier molecular flexibility index (Phi) is 6.45. The molecule has 0 radical (unpaired) electrons. The molecule has 0 unspecified atom stereocenters. The van der Waals surface area contributed by atoms with Gasteiger partial charge in [0, 0.05) is 0 Å². The van der Waals surface area contributed by atoms with Gasteiger partial charge in [-0.3, -0.25) is 9.59 Å². The molecule has 14 heavy (non-hydrogen) atoms. The third kappa shape index (κ3) is 7.34. The highest BCUT2D eigenvalue weighted by Crippen LogP contribution is 1.96. The minimum atomic E-state index is -0.585. The number of rotatable bonds is 6. The van der Waals surface area contributed by atoms with Gasteiger partial charge in [0.2, 0.25) is 0 Å². The molecule has 0 aromatic heterocycles. The highest BCUT2D eigenvalue weighted by molar-refractivity contribution is 5.91. The van der Waals surface area contributed by atoms with Crippen LogP contribution in [0.4, 0.5) is 0 Å². The molecule has 0 saturated carbocycles. The zero-order valence-corrected chi connectivity index (χ0v) is 8.62. The van der Waals surface area contributed by atoms with Crippen LogP contribution >= 0.6 is 0 Å². The van der Waals surface area contributed by atoms with Crippen LogP contribution in [0.3, 0.4) is 0 Å². The van der Waals surface area contributed by atoms with E-state index in [1.165, 1.54) is 6.08 Å². The number of carbonyl (C=O) groups is 2. The summed E-state index contributed by atoms with van der Waals surface area (Å²) in [5, 5.41) is 0. The SMILES string of the molecule is C=CCOC(=O)CC(=O)OCC(C)C. The summed E-state index contributed by atoms with van der Waals surface area (Å²) in [5.74, 6) is -0.866. The van der Waals surface area contributed by atoms with E-state index in [0.29, 0.717) is 6.61 Å². The lowest BCUT2D eigenvalue weighted by atomic mass is 10.2. The molecule has 0 aliphatic carbocycles. The summed E-state index contributed by atoms with van der Waals surface area (Å²) in [6, 6.07) is 0. The summed E-state index contributed by atoms with van der Waals surface area (Å²) in [6.45, 7) is 7.67. The quantitative estimate of drug-likeness (QED) is 0.368. The lowest BCUT2D eigenvalue weighted by Crippen LogP contribution is -2.16. The highest BCUT2D eigenvalue weighted by atomic mass is 16.6. The smallest absolute Gasteiger partial charge is 0.317 e. The Balaban J connectivity index is 3.60. The molecule has 0 saturated heterocycles. The third-order valence-corrected chi connectivity index (χ3v) is 1.23. The van der Waals surface area contributed by atoms with Gasteiger partial charge in [-0.15, -0.1) is 0 Å². The zero-order valence-electron chi connectivity index (χ0n) is 8.62. The van der Waals surface area contributed by atoms with Crippen LogP contribution in [-0.4, -0.2) is 25.2 Å². The van der Waals surface area contributed by atoms with Crippen LogP contribution in [0.1, 0.15) is 20.3 Å². The van der Waals surface area contributed by atoms with Gasteiger partial charge in [-0.1, -0.05) is 26.5 Å². The van der Waals surface area contributed by atoms with Crippen molar-refractivity contribution in [2.75, 3.05) is 13.2 Å². The lowest BCUT2D eigenvalue weighted by molar-refractivity contribution is -0.154. The lowest BCUT2D eigenvalue weighted by Gasteiger charge is -2.06. The van der Waals surface area contributed by atoms with Gasteiger partial charge in [-0.05, 0) is 5.92 Å². The maximum Gasteiger partial charge on any atom is 0.317 e. The molecule has 0 aromatic carbocycles. The molecule has 0 aliphatic heterocycles. The van der Waals surface area contributed by atoms with E-state index in [0.717, 1.165) is 0 Å². The Morgan fingerprint density at radius 2 is 1.86 bits per heavy atom. The van der Waals surface area contributed by atoms with Gasteiger partial charge in [0.1, 0.15) is 13.0 Å². The molecular weight excluding hydrogens is 184 g/mol. The van der Waals surface area contributed by atoms with Crippen LogP contribution < -0.4 is 0 Å². The Morgan fingerprint density at radius 3 is 2.36 bits per heavy atom. The van der Waals surface area contributed by atoms with Crippen LogP contribution in [0.2, 0.25) is 0 Å². The molecular formula is C10H16O4. The minimum Gasteiger partial charge on any atom is -0.465 e. The number of hydrogen-bond donors (Lipinski definition) is 0. The van der Waals surface area contributed by atoms with Crippen LogP contribution in [-0.2, 0) is 19.1 Å². The Labute approximate surface area is 83.9 Å². The molecule has 4 nitrogen and oxygen atoms in total. The molecule has 0 bridgehead atoms. The van der Waals surface area contributed by atoms with Crippen molar-refractivity contribution in [3.8, 4) is 0 Å². The summed E-state index contributed by atoms with van der Waals surface area (Å²) in [7, 11) is 0. The summed E-state index contributed by atoms with van der Waals surface area (Å²) in [4.78, 5) is 21.9. The van der Waals surface area contributed by atoms with Crippen molar-refractivity contribution < 1.29 is 19.1 Å². The molecule has 0 heterocycles. The molecule has 0 rings (SSSR count). The molecule has 0 fully saturated rings. The largest absolute Gasteiger partial charge is 0.465 e. The van der Waals surface area contributed by atoms with E-state index < -0.39 is 11.9 Å². The van der Waals surface area contributed by atoms with Crippen molar-refractivity contribution in [1.82, 2.24) is 0 Å². The fourth-order valence-electron chi connectivity index (χ4n) is 0.631. The fraction of sp³-hybridized carbons (Fsp3) is 0.600. The maximum absolute atomic E-state index is 11.0. The van der Waals surface area contributed by atoms with Gasteiger partial charge in [0.15, 0.2) is 0 Å². The first-order valence-corrected chi connectivity index (χ1v) is 4.48. The normalized spacial score (nSPS) is 9.64. The van der Waals surface area contributed by atoms with E-state index in [1.54, 1.807) is 0 Å². The fourth-order valence-corrected chi connectivity index (χ4v) is 0.631. The van der Waals surface area contributed by atoms with Gasteiger partial charge in [-0.2, -0.15) is 0 Å². The first-order chi connectivity index (χ1) is 6.56. The van der Waals surface area contributed by atoms with Crippen LogP contribution in [0.15, 0.2) is 12.7 Å². The molecule has 0 amide bonds. The zero-order chi connectivity index (χ0) is 11.0. The predicted octanol–water partition coefficient (Wildman–Crippen LogP) is 1.30. The van der Waals surface area contributed by atoms with Gasteiger partial charge in [0.25, 0.3) is 0 Å². The molecule has 0 aliphatic rings. The van der Waals surface area contributed by atoms with Gasteiger partial charge in [-0.25, -0.2) is 0 Å². The Morgan fingerprint density at radius 1 is 1.29 bits per heavy atom. The average molecular weight is 200 g/mol. The van der Waals surface area contributed by atoms with Crippen molar-refractivity contribution >= 4 is 11.9 Å². The Bertz CT molecular complexity index is 208. The molecule has 0 N–H and O–H groups in total. The molecule has 80 valence electrons. The highest BCUT2D eigenvalue weighted by Gasteiger charge is 2.11. The van der Waals surface area contributed by atoms with E-state index in [2.05, 4.69) is 11.3 Å². The summed E-state index contributed by atoms with van der Waals surface area (Å²) in [5.41, 5.74) is 0. The summed E-state index contributed by atoms with van der Waals surface area (Å²) < 4.78 is 9.40. The summed E-state index contributed by atoms with van der Waals surface area (Å²) in [6.07, 6.45) is 1.11. The third-order valence-electron chi connectivity index (χ3n) is 1.23. The number of hydrogen-bond acceptors (Lipinski definition) is 4. The average Bonchev–Trinajstić information content (AvgIpc) is 2.11. The molecule has 4 heteroatoms. The Hall–Kier alpha value is -1.32. The van der Waals surface area contributed by atoms with E-state index >= 15 is 0 Å². The van der Waals surface area contributed by atoms with Gasteiger partial charge < -0.3 is 9.47 Å². The van der Waals surface area contributed by atoms with Crippen molar-refractivity contribution in [2.24, 2.45) is 5.92 Å². The standard InChI is InChI=1S/C10H16O4/c1-4-5-13-9(11)6-10(12)14-7-8(2)3/h4,8H,1,5-7H2,2-3H3. The first-order valence-electron chi connectivity index (χ1n) is 4.48. The van der Waals surface area contributed by atoms with Crippen LogP contribution in [0.25, 0.3) is 0 Å². The van der Waals surface area contributed by atoms with Crippen molar-refractivity contribution in [3.05, 3.63) is 12.7 Å². The van der Waals surface area contributed by atoms with Crippen molar-refractivity contribution in [3.63, 3.8) is 0 Å². The van der Waals surface area contributed by atoms with E-state index in [9.17, 15) is 9.59 Å². The van der Waals surface area contributed by atoms with E-state index in [-0.39, 0.29) is 18.9 Å². The second-order valence-corrected chi connectivity index (χ2v) is 3.23. The van der Waals surface area contributed by atoms with E-state index in [1.807, 2.05) is 13.8 Å². The van der Waals surface area contributed by atoms with E-state index in [4.69, 9.17) is 4.74 Å². The summed E-state index contributed by atoms with van der Waals surface area (Å²) >= 11 is 0. The second-order valence-electron chi connectivity index (χ2n) is 3.23. The second kappa shape index (κ2) is 7.12. The minimum absolute atomic E-state index is 0.121. The maximum atomic E-state index is 11.0. The topological polar surface area (TPSA) is 52.6 Å². The van der Waals surface area contributed by atoms with Gasteiger partial charge >= 0.3 is 11.9 Å².